The Hall–Kier alpha value is -2.32. The molecule has 0 amide bonds. The highest BCUT2D eigenvalue weighted by Gasteiger charge is 2.15. The summed E-state index contributed by atoms with van der Waals surface area (Å²) in [4.78, 5) is 12.7. The second-order valence-corrected chi connectivity index (χ2v) is 5.26. The van der Waals surface area contributed by atoms with Gasteiger partial charge in [-0.3, -0.25) is 4.79 Å². The largest absolute Gasteiger partial charge is 0.375 e. The van der Waals surface area contributed by atoms with Crippen LogP contribution in [0.1, 0.15) is 15.9 Å². The zero-order chi connectivity index (χ0) is 14.7. The van der Waals surface area contributed by atoms with Crippen LogP contribution in [0, 0.1) is 0 Å². The predicted molar refractivity (Wildman–Crippen MR) is 87.0 cm³/mol. The van der Waals surface area contributed by atoms with E-state index in [1.54, 1.807) is 12.1 Å². The van der Waals surface area contributed by atoms with Gasteiger partial charge in [0.05, 0.1) is 6.04 Å². The molecule has 0 saturated heterocycles. The van der Waals surface area contributed by atoms with Crippen molar-refractivity contribution in [1.29, 1.82) is 0 Å². The number of halogens is 1. The van der Waals surface area contributed by atoms with Gasteiger partial charge in [-0.2, -0.15) is 0 Å². The summed E-state index contributed by atoms with van der Waals surface area (Å²) < 4.78 is 0. The number of benzene rings is 2. The molecule has 104 valence electrons. The maximum absolute atomic E-state index is 12.7. The second kappa shape index (κ2) is 5.98. The lowest BCUT2D eigenvalue weighted by Gasteiger charge is -2.15. The molecule has 0 saturated carbocycles. The molecule has 0 aromatic heterocycles. The van der Waals surface area contributed by atoms with Crippen LogP contribution < -0.4 is 5.32 Å². The smallest absolute Gasteiger partial charge is 0.195 e. The Balaban J connectivity index is 1.96. The quantitative estimate of drug-likeness (QED) is 0.843. The third kappa shape index (κ3) is 3.06. The lowest BCUT2D eigenvalue weighted by atomic mass is 10.0. The summed E-state index contributed by atoms with van der Waals surface area (Å²) in [5.41, 5.74) is 2.03. The first kappa shape index (κ1) is 13.7. The van der Waals surface area contributed by atoms with Crippen LogP contribution in [0.3, 0.4) is 0 Å². The van der Waals surface area contributed by atoms with Crippen LogP contribution in [0.5, 0.6) is 0 Å². The summed E-state index contributed by atoms with van der Waals surface area (Å²) in [5, 5.41) is 3.89. The van der Waals surface area contributed by atoms with E-state index in [4.69, 9.17) is 11.6 Å². The summed E-state index contributed by atoms with van der Waals surface area (Å²) in [6.45, 7) is 0. The molecule has 0 atom stereocenters. The summed E-state index contributed by atoms with van der Waals surface area (Å²) in [7, 11) is 0. The van der Waals surface area contributed by atoms with Gasteiger partial charge in [0.15, 0.2) is 5.78 Å². The minimum Gasteiger partial charge on any atom is -0.375 e. The molecule has 2 nitrogen and oxygen atoms in total. The molecule has 0 aliphatic heterocycles. The van der Waals surface area contributed by atoms with Crippen LogP contribution in [0.25, 0.3) is 0 Å². The Morgan fingerprint density at radius 2 is 1.71 bits per heavy atom. The van der Waals surface area contributed by atoms with Gasteiger partial charge in [0.1, 0.15) is 0 Å². The Bertz CT molecular complexity index is 707. The van der Waals surface area contributed by atoms with E-state index >= 15 is 0 Å². The van der Waals surface area contributed by atoms with Gasteiger partial charge in [0, 0.05) is 21.8 Å². The molecule has 1 aliphatic carbocycles. The summed E-state index contributed by atoms with van der Waals surface area (Å²) in [5.74, 6) is -0.0356. The van der Waals surface area contributed by atoms with E-state index in [1.807, 2.05) is 60.7 Å². The molecule has 0 spiro atoms. The van der Waals surface area contributed by atoms with E-state index in [0.29, 0.717) is 16.1 Å². The number of carbonyl (C=O) groups is 1. The molecular formula is C18H14ClNO. The molecule has 21 heavy (non-hydrogen) atoms. The topological polar surface area (TPSA) is 29.1 Å². The number of anilines is 1. The standard InChI is InChI=1S/C18H14ClNO/c19-14-10-11-17(20-15-8-4-5-9-15)16(12-14)18(21)13-6-2-1-3-7-13/h1-12,15,20H. The van der Waals surface area contributed by atoms with Crippen LogP contribution in [-0.4, -0.2) is 11.8 Å². The van der Waals surface area contributed by atoms with E-state index in [9.17, 15) is 4.79 Å². The van der Waals surface area contributed by atoms with E-state index in [0.717, 1.165) is 5.69 Å². The van der Waals surface area contributed by atoms with Crippen molar-refractivity contribution in [2.24, 2.45) is 0 Å². The normalized spacial score (nSPS) is 13.6. The molecule has 0 unspecified atom stereocenters. The molecule has 0 heterocycles. The number of ketones is 1. The van der Waals surface area contributed by atoms with Crippen LogP contribution in [0.15, 0.2) is 72.8 Å². The molecule has 0 fully saturated rings. The number of allylic oxidation sites excluding steroid dienone is 2. The lowest BCUT2D eigenvalue weighted by molar-refractivity contribution is 0.103. The highest BCUT2D eigenvalue weighted by Crippen LogP contribution is 2.25. The van der Waals surface area contributed by atoms with Crippen molar-refractivity contribution >= 4 is 23.1 Å². The van der Waals surface area contributed by atoms with Crippen LogP contribution in [0.4, 0.5) is 5.69 Å². The molecule has 0 bridgehead atoms. The maximum atomic E-state index is 12.7. The SMILES string of the molecule is O=C(c1ccccc1)c1cc(Cl)ccc1NC1C=CC=C1. The van der Waals surface area contributed by atoms with Gasteiger partial charge in [-0.15, -0.1) is 0 Å². The van der Waals surface area contributed by atoms with Crippen molar-refractivity contribution in [3.8, 4) is 0 Å². The van der Waals surface area contributed by atoms with Gasteiger partial charge in [-0.1, -0.05) is 66.2 Å². The third-order valence-electron chi connectivity index (χ3n) is 3.33. The maximum Gasteiger partial charge on any atom is 0.195 e. The van der Waals surface area contributed by atoms with Crippen molar-refractivity contribution in [2.45, 2.75) is 6.04 Å². The van der Waals surface area contributed by atoms with E-state index in [1.165, 1.54) is 0 Å². The fraction of sp³-hybridized carbons (Fsp3) is 0.0556. The van der Waals surface area contributed by atoms with E-state index < -0.39 is 0 Å². The van der Waals surface area contributed by atoms with Crippen molar-refractivity contribution in [3.05, 3.63) is 89.0 Å². The first-order chi connectivity index (χ1) is 10.2. The molecule has 1 aliphatic rings. The monoisotopic (exact) mass is 295 g/mol. The minimum atomic E-state index is -0.0356. The molecule has 2 aromatic carbocycles. The van der Waals surface area contributed by atoms with Crippen molar-refractivity contribution in [3.63, 3.8) is 0 Å². The van der Waals surface area contributed by atoms with Gasteiger partial charge in [0.25, 0.3) is 0 Å². The third-order valence-corrected chi connectivity index (χ3v) is 3.57. The number of nitrogens with one attached hydrogen (secondary N) is 1. The van der Waals surface area contributed by atoms with Gasteiger partial charge in [0.2, 0.25) is 0 Å². The average Bonchev–Trinajstić information content (AvgIpc) is 3.02. The summed E-state index contributed by atoms with van der Waals surface area (Å²) in [6, 6.07) is 14.7. The zero-order valence-electron chi connectivity index (χ0n) is 11.3. The lowest BCUT2D eigenvalue weighted by Crippen LogP contribution is -2.15. The van der Waals surface area contributed by atoms with Gasteiger partial charge < -0.3 is 5.32 Å². The van der Waals surface area contributed by atoms with Crippen LogP contribution in [-0.2, 0) is 0 Å². The fourth-order valence-electron chi connectivity index (χ4n) is 2.28. The van der Waals surface area contributed by atoms with Crippen LogP contribution >= 0.6 is 11.6 Å². The minimum absolute atomic E-state index is 0.0356. The number of carbonyl (C=O) groups excluding carboxylic acids is 1. The Labute approximate surface area is 128 Å². The Morgan fingerprint density at radius 1 is 1.00 bits per heavy atom. The molecular weight excluding hydrogens is 282 g/mol. The van der Waals surface area contributed by atoms with Crippen molar-refractivity contribution < 1.29 is 4.79 Å². The first-order valence-corrected chi connectivity index (χ1v) is 7.13. The summed E-state index contributed by atoms with van der Waals surface area (Å²) in [6.07, 6.45) is 8.02. The zero-order valence-corrected chi connectivity index (χ0v) is 12.0. The molecule has 1 N–H and O–H groups in total. The van der Waals surface area contributed by atoms with Gasteiger partial charge >= 0.3 is 0 Å². The van der Waals surface area contributed by atoms with Crippen molar-refractivity contribution in [1.82, 2.24) is 0 Å². The predicted octanol–water partition coefficient (Wildman–Crippen LogP) is 4.48. The first-order valence-electron chi connectivity index (χ1n) is 6.75. The van der Waals surface area contributed by atoms with E-state index in [-0.39, 0.29) is 11.8 Å². The van der Waals surface area contributed by atoms with Crippen molar-refractivity contribution in [2.75, 3.05) is 5.32 Å². The van der Waals surface area contributed by atoms with Crippen LogP contribution in [0.2, 0.25) is 5.02 Å². The highest BCUT2D eigenvalue weighted by atomic mass is 35.5. The van der Waals surface area contributed by atoms with Gasteiger partial charge in [-0.05, 0) is 18.2 Å². The fourth-order valence-corrected chi connectivity index (χ4v) is 2.45. The molecule has 0 radical (unpaired) electrons. The summed E-state index contributed by atoms with van der Waals surface area (Å²) >= 11 is 6.06. The number of hydrogen-bond acceptors (Lipinski definition) is 2. The van der Waals surface area contributed by atoms with E-state index in [2.05, 4.69) is 5.32 Å². The average molecular weight is 296 g/mol. The second-order valence-electron chi connectivity index (χ2n) is 4.82. The Kier molecular flexibility index (Phi) is 3.89. The molecule has 3 heteroatoms. The highest BCUT2D eigenvalue weighted by molar-refractivity contribution is 6.31. The number of hydrogen-bond donors (Lipinski definition) is 1. The van der Waals surface area contributed by atoms with Gasteiger partial charge in [-0.25, -0.2) is 0 Å². The molecule has 3 rings (SSSR count). The Morgan fingerprint density at radius 3 is 2.43 bits per heavy atom. The molecule has 2 aromatic rings. The number of rotatable bonds is 4.